The van der Waals surface area contributed by atoms with Gasteiger partial charge in [0.05, 0.1) is 6.04 Å². The highest BCUT2D eigenvalue weighted by atomic mass is 79.9. The molecule has 2 aromatic carbocycles. The Morgan fingerprint density at radius 3 is 2.47 bits per heavy atom. The molecule has 2 rings (SSSR count). The van der Waals surface area contributed by atoms with Crippen molar-refractivity contribution in [2.24, 2.45) is 5.73 Å². The van der Waals surface area contributed by atoms with Crippen LogP contribution in [0.1, 0.15) is 28.3 Å². The molecule has 0 aliphatic carbocycles. The van der Waals surface area contributed by atoms with Crippen LogP contribution in [0.15, 0.2) is 34.8 Å². The summed E-state index contributed by atoms with van der Waals surface area (Å²) < 4.78 is 14.2. The van der Waals surface area contributed by atoms with E-state index in [-0.39, 0.29) is 11.9 Å². The Kier molecular flexibility index (Phi) is 4.29. The lowest BCUT2D eigenvalue weighted by Crippen LogP contribution is -2.14. The van der Waals surface area contributed by atoms with Crippen LogP contribution in [0.5, 0.6) is 0 Å². The Morgan fingerprint density at radius 1 is 1.11 bits per heavy atom. The summed E-state index contributed by atoms with van der Waals surface area (Å²) in [6.45, 7) is 3.88. The van der Waals surface area contributed by atoms with Crippen molar-refractivity contribution in [3.8, 4) is 0 Å². The van der Waals surface area contributed by atoms with E-state index in [0.717, 1.165) is 26.7 Å². The molecule has 0 saturated carbocycles. The standard InChI is InChI=1S/C15H14BrClFN/c1-8-6-14(17)9(2)5-11(8)15(19)12-7-10(18)3-4-13(12)16/h3-7,15H,19H2,1-2H3. The van der Waals surface area contributed by atoms with Gasteiger partial charge < -0.3 is 5.73 Å². The van der Waals surface area contributed by atoms with Gasteiger partial charge in [0, 0.05) is 9.50 Å². The second kappa shape index (κ2) is 5.61. The van der Waals surface area contributed by atoms with E-state index < -0.39 is 0 Å². The van der Waals surface area contributed by atoms with Gasteiger partial charge >= 0.3 is 0 Å². The van der Waals surface area contributed by atoms with E-state index in [2.05, 4.69) is 15.9 Å². The molecule has 1 nitrogen and oxygen atoms in total. The highest BCUT2D eigenvalue weighted by Gasteiger charge is 2.16. The van der Waals surface area contributed by atoms with E-state index in [9.17, 15) is 4.39 Å². The highest BCUT2D eigenvalue weighted by molar-refractivity contribution is 9.10. The number of rotatable bonds is 2. The van der Waals surface area contributed by atoms with Crippen molar-refractivity contribution in [2.75, 3.05) is 0 Å². The van der Waals surface area contributed by atoms with Gasteiger partial charge in [-0.15, -0.1) is 0 Å². The molecule has 0 fully saturated rings. The summed E-state index contributed by atoms with van der Waals surface area (Å²) in [5.41, 5.74) is 9.91. The zero-order valence-electron chi connectivity index (χ0n) is 10.7. The largest absolute Gasteiger partial charge is 0.320 e. The van der Waals surface area contributed by atoms with Crippen LogP contribution in [0.3, 0.4) is 0 Å². The average Bonchev–Trinajstić information content (AvgIpc) is 2.36. The Labute approximate surface area is 125 Å². The number of hydrogen-bond acceptors (Lipinski definition) is 1. The van der Waals surface area contributed by atoms with Gasteiger partial charge in [0.1, 0.15) is 5.82 Å². The minimum atomic E-state index is -0.388. The maximum absolute atomic E-state index is 13.4. The van der Waals surface area contributed by atoms with Gasteiger partial charge in [-0.2, -0.15) is 0 Å². The monoisotopic (exact) mass is 341 g/mol. The van der Waals surface area contributed by atoms with E-state index in [1.165, 1.54) is 12.1 Å². The molecule has 19 heavy (non-hydrogen) atoms. The third-order valence-electron chi connectivity index (χ3n) is 3.18. The summed E-state index contributed by atoms with van der Waals surface area (Å²) in [6, 6.07) is 7.99. The number of nitrogens with two attached hydrogens (primary N) is 1. The van der Waals surface area contributed by atoms with E-state index in [0.29, 0.717) is 5.02 Å². The third-order valence-corrected chi connectivity index (χ3v) is 4.30. The number of aryl methyl sites for hydroxylation is 2. The fraction of sp³-hybridized carbons (Fsp3) is 0.200. The molecule has 1 atom stereocenters. The number of hydrogen-bond donors (Lipinski definition) is 1. The van der Waals surface area contributed by atoms with Gasteiger partial charge in [-0.1, -0.05) is 33.6 Å². The van der Waals surface area contributed by atoms with Crippen molar-refractivity contribution >= 4 is 27.5 Å². The summed E-state index contributed by atoms with van der Waals surface area (Å²) in [5, 5.41) is 0.715. The molecule has 0 spiro atoms. The minimum absolute atomic E-state index is 0.294. The van der Waals surface area contributed by atoms with Crippen LogP contribution in [-0.4, -0.2) is 0 Å². The molecule has 0 heterocycles. The first-order chi connectivity index (χ1) is 8.90. The zero-order valence-corrected chi connectivity index (χ0v) is 13.0. The molecule has 0 radical (unpaired) electrons. The lowest BCUT2D eigenvalue weighted by atomic mass is 9.94. The van der Waals surface area contributed by atoms with Gasteiger partial charge in [-0.05, 0) is 60.4 Å². The van der Waals surface area contributed by atoms with Crippen LogP contribution < -0.4 is 5.73 Å². The van der Waals surface area contributed by atoms with Crippen LogP contribution in [0.2, 0.25) is 5.02 Å². The summed E-state index contributed by atoms with van der Waals surface area (Å²) in [4.78, 5) is 0. The predicted octanol–water partition coefficient (Wildman–Crippen LogP) is 4.91. The molecule has 2 aromatic rings. The second-order valence-electron chi connectivity index (χ2n) is 4.60. The van der Waals surface area contributed by atoms with Gasteiger partial charge in [0.2, 0.25) is 0 Å². The number of benzene rings is 2. The second-order valence-corrected chi connectivity index (χ2v) is 5.86. The molecule has 0 amide bonds. The molecular weight excluding hydrogens is 329 g/mol. The topological polar surface area (TPSA) is 26.0 Å². The van der Waals surface area contributed by atoms with E-state index in [1.807, 2.05) is 26.0 Å². The Balaban J connectivity index is 2.52. The minimum Gasteiger partial charge on any atom is -0.320 e. The fourth-order valence-electron chi connectivity index (χ4n) is 2.06. The molecule has 2 N–H and O–H groups in total. The van der Waals surface area contributed by atoms with E-state index in [4.69, 9.17) is 17.3 Å². The zero-order chi connectivity index (χ0) is 14.2. The molecule has 0 aliphatic rings. The van der Waals surface area contributed by atoms with Crippen molar-refractivity contribution in [1.82, 2.24) is 0 Å². The fourth-order valence-corrected chi connectivity index (χ4v) is 2.77. The lowest BCUT2D eigenvalue weighted by molar-refractivity contribution is 0.623. The van der Waals surface area contributed by atoms with Crippen LogP contribution in [0.25, 0.3) is 0 Å². The first-order valence-corrected chi connectivity index (χ1v) is 7.04. The van der Waals surface area contributed by atoms with Crippen molar-refractivity contribution in [3.63, 3.8) is 0 Å². The van der Waals surface area contributed by atoms with Gasteiger partial charge in [-0.3, -0.25) is 0 Å². The Hall–Kier alpha value is -0.900. The third kappa shape index (κ3) is 2.99. The summed E-state index contributed by atoms with van der Waals surface area (Å²) in [5.74, 6) is -0.294. The molecule has 1 unspecified atom stereocenters. The first-order valence-electron chi connectivity index (χ1n) is 5.87. The number of halogens is 3. The van der Waals surface area contributed by atoms with Crippen molar-refractivity contribution in [2.45, 2.75) is 19.9 Å². The van der Waals surface area contributed by atoms with Crippen LogP contribution in [-0.2, 0) is 0 Å². The molecule has 100 valence electrons. The van der Waals surface area contributed by atoms with Crippen LogP contribution >= 0.6 is 27.5 Å². The quantitative estimate of drug-likeness (QED) is 0.825. The van der Waals surface area contributed by atoms with Crippen LogP contribution in [0, 0.1) is 19.7 Å². The predicted molar refractivity (Wildman–Crippen MR) is 81.1 cm³/mol. The molecule has 0 aromatic heterocycles. The molecule has 0 aliphatic heterocycles. The smallest absolute Gasteiger partial charge is 0.123 e. The highest BCUT2D eigenvalue weighted by Crippen LogP contribution is 2.31. The van der Waals surface area contributed by atoms with E-state index >= 15 is 0 Å². The summed E-state index contributed by atoms with van der Waals surface area (Å²) in [7, 11) is 0. The SMILES string of the molecule is Cc1cc(C(N)c2cc(F)ccc2Br)c(C)cc1Cl. The molecule has 4 heteroatoms. The lowest BCUT2D eigenvalue weighted by Gasteiger charge is -2.18. The maximum Gasteiger partial charge on any atom is 0.123 e. The molecular formula is C15H14BrClFN. The van der Waals surface area contributed by atoms with Gasteiger partial charge in [0.25, 0.3) is 0 Å². The maximum atomic E-state index is 13.4. The molecule has 0 bridgehead atoms. The van der Waals surface area contributed by atoms with Gasteiger partial charge in [0.15, 0.2) is 0 Å². The van der Waals surface area contributed by atoms with E-state index in [1.54, 1.807) is 6.07 Å². The first kappa shape index (κ1) is 14.5. The normalized spacial score (nSPS) is 12.5. The van der Waals surface area contributed by atoms with Crippen molar-refractivity contribution < 1.29 is 4.39 Å². The molecule has 0 saturated heterocycles. The van der Waals surface area contributed by atoms with Crippen molar-refractivity contribution in [3.05, 3.63) is 67.9 Å². The van der Waals surface area contributed by atoms with Gasteiger partial charge in [-0.25, -0.2) is 4.39 Å². The average molecular weight is 343 g/mol. The Bertz CT molecular complexity index is 628. The summed E-state index contributed by atoms with van der Waals surface area (Å²) >= 11 is 9.50. The van der Waals surface area contributed by atoms with Crippen LogP contribution in [0.4, 0.5) is 4.39 Å². The van der Waals surface area contributed by atoms with Crippen molar-refractivity contribution in [1.29, 1.82) is 0 Å². The Morgan fingerprint density at radius 2 is 1.79 bits per heavy atom. The summed E-state index contributed by atoms with van der Waals surface area (Å²) in [6.07, 6.45) is 0.